The largest absolute Gasteiger partial charge is 0.507 e. The molecule has 0 heterocycles. The molecule has 0 aromatic heterocycles. The summed E-state index contributed by atoms with van der Waals surface area (Å²) in [7, 11) is 0. The number of hydrazine groups is 1. The number of hydrogen-bond acceptors (Lipinski definition) is 5. The molecule has 0 aliphatic heterocycles. The minimum absolute atomic E-state index is 0.0732. The van der Waals surface area contributed by atoms with Crippen LogP contribution in [0.2, 0.25) is 0 Å². The molecule has 3 aromatic rings. The number of carbonyl (C=O) groups is 2. The van der Waals surface area contributed by atoms with Gasteiger partial charge >= 0.3 is 0 Å². The molecule has 9 heteroatoms. The van der Waals surface area contributed by atoms with Crippen LogP contribution in [0.1, 0.15) is 22.8 Å². The first-order valence-electron chi connectivity index (χ1n) is 9.40. The molecule has 160 valence electrons. The Morgan fingerprint density at radius 2 is 1.77 bits per heavy atom. The van der Waals surface area contributed by atoms with Gasteiger partial charge in [-0.15, -0.1) is 0 Å². The van der Waals surface area contributed by atoms with Gasteiger partial charge in [-0.3, -0.25) is 25.8 Å². The van der Waals surface area contributed by atoms with Crippen LogP contribution in [-0.4, -0.2) is 28.6 Å². The lowest BCUT2D eigenvalue weighted by atomic mass is 10.1. The molecule has 4 N–H and O–H groups in total. The molecule has 0 atom stereocenters. The molecule has 0 radical (unpaired) electrons. The number of halogens is 1. The summed E-state index contributed by atoms with van der Waals surface area (Å²) in [6.45, 7) is 1.79. The molecule has 0 bridgehead atoms. The van der Waals surface area contributed by atoms with Crippen LogP contribution in [0.15, 0.2) is 59.1 Å². The number of carbonyl (C=O) groups excluding carboxylic acids is 2. The number of ether oxygens (including phenoxy) is 1. The van der Waals surface area contributed by atoms with Gasteiger partial charge in [-0.25, -0.2) is 0 Å². The second kappa shape index (κ2) is 10.2. The summed E-state index contributed by atoms with van der Waals surface area (Å²) in [5.74, 6) is -0.727. The van der Waals surface area contributed by atoms with E-state index in [9.17, 15) is 14.7 Å². The van der Waals surface area contributed by atoms with Crippen LogP contribution in [0.4, 0.5) is 0 Å². The van der Waals surface area contributed by atoms with Crippen molar-refractivity contribution < 1.29 is 19.4 Å². The zero-order valence-corrected chi connectivity index (χ0v) is 19.0. The molecule has 0 saturated heterocycles. The molecule has 0 saturated carbocycles. The van der Waals surface area contributed by atoms with Crippen molar-refractivity contribution in [3.63, 3.8) is 0 Å². The maximum absolute atomic E-state index is 12.4. The van der Waals surface area contributed by atoms with E-state index in [1.807, 2.05) is 43.3 Å². The van der Waals surface area contributed by atoms with Gasteiger partial charge in [0.15, 0.2) is 11.7 Å². The molecular formula is C22H20BrN3O4S. The summed E-state index contributed by atoms with van der Waals surface area (Å²) in [5, 5.41) is 14.0. The second-order valence-electron chi connectivity index (χ2n) is 6.58. The van der Waals surface area contributed by atoms with Crippen LogP contribution in [-0.2, 0) is 11.2 Å². The predicted molar refractivity (Wildman–Crippen MR) is 126 cm³/mol. The van der Waals surface area contributed by atoms with Gasteiger partial charge in [-0.1, -0.05) is 37.3 Å². The van der Waals surface area contributed by atoms with Gasteiger partial charge in [0.25, 0.3) is 11.8 Å². The normalized spacial score (nSPS) is 10.4. The lowest BCUT2D eigenvalue weighted by Gasteiger charge is -2.13. The van der Waals surface area contributed by atoms with Crippen molar-refractivity contribution in [3.8, 4) is 11.5 Å². The summed E-state index contributed by atoms with van der Waals surface area (Å²) in [6, 6.07) is 16.0. The molecule has 0 unspecified atom stereocenters. The van der Waals surface area contributed by atoms with E-state index in [1.165, 1.54) is 6.07 Å². The molecule has 31 heavy (non-hydrogen) atoms. The molecule has 0 aliphatic carbocycles. The topological polar surface area (TPSA) is 99.7 Å². The average molecular weight is 502 g/mol. The highest BCUT2D eigenvalue weighted by Gasteiger charge is 2.14. The number of phenolic OH excluding ortho intramolecular Hbond substituents is 1. The third kappa shape index (κ3) is 5.93. The second-order valence-corrected chi connectivity index (χ2v) is 7.84. The third-order valence-electron chi connectivity index (χ3n) is 4.41. The molecule has 7 nitrogen and oxygen atoms in total. The maximum Gasteiger partial charge on any atom is 0.273 e. The minimum atomic E-state index is -0.601. The molecule has 3 rings (SSSR count). The quantitative estimate of drug-likeness (QED) is 0.315. The van der Waals surface area contributed by atoms with E-state index >= 15 is 0 Å². The SMILES string of the molecule is CCc1ccc(OCC(=O)NC(=S)NNC(=O)c2cc3ccccc3cc2O)c(Br)c1. The van der Waals surface area contributed by atoms with Crippen LogP contribution in [0.3, 0.4) is 0 Å². The Kier molecular flexibility index (Phi) is 7.43. The number of aryl methyl sites for hydroxylation is 1. The van der Waals surface area contributed by atoms with Crippen LogP contribution in [0.5, 0.6) is 11.5 Å². The lowest BCUT2D eigenvalue weighted by molar-refractivity contribution is -0.121. The van der Waals surface area contributed by atoms with E-state index in [4.69, 9.17) is 17.0 Å². The lowest BCUT2D eigenvalue weighted by Crippen LogP contribution is -2.49. The van der Waals surface area contributed by atoms with Crippen molar-refractivity contribution in [3.05, 3.63) is 70.2 Å². The highest BCUT2D eigenvalue weighted by molar-refractivity contribution is 9.10. The first-order chi connectivity index (χ1) is 14.9. The van der Waals surface area contributed by atoms with E-state index < -0.39 is 11.8 Å². The monoisotopic (exact) mass is 501 g/mol. The molecule has 3 aromatic carbocycles. The van der Waals surface area contributed by atoms with Gasteiger partial charge < -0.3 is 9.84 Å². The van der Waals surface area contributed by atoms with Crippen molar-refractivity contribution in [2.75, 3.05) is 6.61 Å². The highest BCUT2D eigenvalue weighted by Crippen LogP contribution is 2.26. The van der Waals surface area contributed by atoms with E-state index in [0.29, 0.717) is 5.75 Å². The van der Waals surface area contributed by atoms with E-state index in [0.717, 1.165) is 27.2 Å². The summed E-state index contributed by atoms with van der Waals surface area (Å²) in [5.41, 5.74) is 6.00. The minimum Gasteiger partial charge on any atom is -0.507 e. The van der Waals surface area contributed by atoms with Crippen LogP contribution < -0.4 is 20.9 Å². The Balaban J connectivity index is 1.50. The van der Waals surface area contributed by atoms with E-state index in [2.05, 4.69) is 32.1 Å². The fourth-order valence-corrected chi connectivity index (χ4v) is 3.52. The Hall–Kier alpha value is -3.17. The number of aromatic hydroxyl groups is 1. The Bertz CT molecular complexity index is 1150. The van der Waals surface area contributed by atoms with Crippen molar-refractivity contribution in [2.24, 2.45) is 0 Å². The van der Waals surface area contributed by atoms with Crippen LogP contribution >= 0.6 is 28.1 Å². The van der Waals surface area contributed by atoms with Gasteiger partial charge in [0, 0.05) is 0 Å². The number of benzene rings is 3. The van der Waals surface area contributed by atoms with Crippen molar-refractivity contribution in [1.82, 2.24) is 16.2 Å². The van der Waals surface area contributed by atoms with Gasteiger partial charge in [0.05, 0.1) is 10.0 Å². The number of hydrogen-bond donors (Lipinski definition) is 4. The van der Waals surface area contributed by atoms with Crippen molar-refractivity contribution in [2.45, 2.75) is 13.3 Å². The molecule has 0 spiro atoms. The fourth-order valence-electron chi connectivity index (χ4n) is 2.81. The number of phenols is 1. The first kappa shape index (κ1) is 22.5. The van der Waals surface area contributed by atoms with Crippen LogP contribution in [0, 0.1) is 0 Å². The zero-order valence-electron chi connectivity index (χ0n) is 16.6. The molecule has 2 amide bonds. The zero-order chi connectivity index (χ0) is 22.4. The van der Waals surface area contributed by atoms with Gasteiger partial charge in [0.2, 0.25) is 0 Å². The molecular weight excluding hydrogens is 482 g/mol. The summed E-state index contributed by atoms with van der Waals surface area (Å²) in [6.07, 6.45) is 0.891. The smallest absolute Gasteiger partial charge is 0.273 e. The Morgan fingerprint density at radius 3 is 2.45 bits per heavy atom. The summed E-state index contributed by atoms with van der Waals surface area (Å²) >= 11 is 8.42. The molecule has 0 fully saturated rings. The average Bonchev–Trinajstić information content (AvgIpc) is 2.76. The summed E-state index contributed by atoms with van der Waals surface area (Å²) in [4.78, 5) is 24.4. The van der Waals surface area contributed by atoms with Gasteiger partial charge in [-0.05, 0) is 75.2 Å². The van der Waals surface area contributed by atoms with Crippen molar-refractivity contribution in [1.29, 1.82) is 0 Å². The number of nitrogens with one attached hydrogen (secondary N) is 3. The molecule has 0 aliphatic rings. The number of amides is 2. The number of thiocarbonyl (C=S) groups is 1. The number of rotatable bonds is 5. The summed E-state index contributed by atoms with van der Waals surface area (Å²) < 4.78 is 6.24. The van der Waals surface area contributed by atoms with E-state index in [-0.39, 0.29) is 23.0 Å². The van der Waals surface area contributed by atoms with E-state index in [1.54, 1.807) is 12.1 Å². The van der Waals surface area contributed by atoms with Gasteiger partial charge in [-0.2, -0.15) is 0 Å². The highest BCUT2D eigenvalue weighted by atomic mass is 79.9. The Morgan fingerprint density at radius 1 is 1.06 bits per heavy atom. The van der Waals surface area contributed by atoms with Crippen LogP contribution in [0.25, 0.3) is 10.8 Å². The first-order valence-corrected chi connectivity index (χ1v) is 10.6. The third-order valence-corrected chi connectivity index (χ3v) is 5.24. The maximum atomic E-state index is 12.4. The standard InChI is InChI=1S/C22H20BrN3O4S/c1-2-13-7-8-19(17(23)9-13)30-12-20(28)24-22(31)26-25-21(29)16-10-14-5-3-4-6-15(14)11-18(16)27/h3-11,27H,2,12H2,1H3,(H,25,29)(H2,24,26,28,31). The number of fused-ring (bicyclic) bond motifs is 1. The van der Waals surface area contributed by atoms with Gasteiger partial charge in [0.1, 0.15) is 11.5 Å². The fraction of sp³-hybridized carbons (Fsp3) is 0.136. The Labute approximate surface area is 192 Å². The van der Waals surface area contributed by atoms with Crippen molar-refractivity contribution >= 4 is 55.8 Å². The predicted octanol–water partition coefficient (Wildman–Crippen LogP) is 3.58.